The van der Waals surface area contributed by atoms with Gasteiger partial charge in [0, 0.05) is 11.8 Å². The van der Waals surface area contributed by atoms with Crippen molar-refractivity contribution in [1.29, 1.82) is 5.41 Å². The van der Waals surface area contributed by atoms with E-state index in [2.05, 4.69) is 10.1 Å². The Balaban J connectivity index is 2.36. The average molecular weight is 241 g/mol. The van der Waals surface area contributed by atoms with Crippen molar-refractivity contribution >= 4 is 33.2 Å². The van der Waals surface area contributed by atoms with Crippen LogP contribution in [0.3, 0.4) is 0 Å². The summed E-state index contributed by atoms with van der Waals surface area (Å²) >= 11 is 2.44. The minimum atomic E-state index is -0.208. The van der Waals surface area contributed by atoms with E-state index in [0.717, 1.165) is 11.8 Å². The Hall–Kier alpha value is -1.41. The molecular weight excluding hydrogens is 234 g/mol. The van der Waals surface area contributed by atoms with Gasteiger partial charge in [0.1, 0.15) is 5.51 Å². The third kappa shape index (κ3) is 2.16. The highest BCUT2D eigenvalue weighted by atomic mass is 32.2. The van der Waals surface area contributed by atoms with E-state index in [0.29, 0.717) is 16.4 Å². The normalized spacial score (nSPS) is 10.7. The number of nitrogens with zero attached hydrogens (tertiary/aromatic N) is 3. The zero-order chi connectivity index (χ0) is 10.8. The molecule has 0 aromatic carbocycles. The summed E-state index contributed by atoms with van der Waals surface area (Å²) in [6, 6.07) is 1.41. The molecule has 0 amide bonds. The lowest BCUT2D eigenvalue weighted by atomic mass is 10.4. The number of aromatic nitrogens is 3. The monoisotopic (exact) mass is 241 g/mol. The SMILES string of the molecule is N=C(N)SCc1cc(=O)n2ncsc2n1. The molecule has 0 radical (unpaired) electrons. The summed E-state index contributed by atoms with van der Waals surface area (Å²) in [7, 11) is 0. The molecule has 0 aliphatic heterocycles. The second kappa shape index (κ2) is 3.99. The van der Waals surface area contributed by atoms with Crippen molar-refractivity contribution in [3.63, 3.8) is 0 Å². The smallest absolute Gasteiger partial charge is 0.275 e. The van der Waals surface area contributed by atoms with E-state index in [1.54, 1.807) is 5.51 Å². The molecule has 0 atom stereocenters. The highest BCUT2D eigenvalue weighted by Gasteiger charge is 2.04. The van der Waals surface area contributed by atoms with Crippen LogP contribution >= 0.6 is 23.1 Å². The summed E-state index contributed by atoms with van der Waals surface area (Å²) in [5.74, 6) is 0.430. The van der Waals surface area contributed by atoms with Crippen LogP contribution in [0.1, 0.15) is 5.69 Å². The van der Waals surface area contributed by atoms with E-state index in [4.69, 9.17) is 11.1 Å². The van der Waals surface area contributed by atoms with Gasteiger partial charge in [-0.05, 0) is 0 Å². The predicted molar refractivity (Wildman–Crippen MR) is 60.3 cm³/mol. The molecule has 0 bridgehead atoms. The Kier molecular flexibility index (Phi) is 2.69. The summed E-state index contributed by atoms with van der Waals surface area (Å²) in [5, 5.41) is 10.9. The van der Waals surface area contributed by atoms with Crippen LogP contribution < -0.4 is 11.3 Å². The summed E-state index contributed by atoms with van der Waals surface area (Å²) in [4.78, 5) is 16.2. The van der Waals surface area contributed by atoms with Crippen molar-refractivity contribution in [2.24, 2.45) is 5.73 Å². The fraction of sp³-hybridized carbons (Fsp3) is 0.143. The quantitative estimate of drug-likeness (QED) is 0.581. The summed E-state index contributed by atoms with van der Waals surface area (Å²) in [5.41, 5.74) is 7.16. The molecule has 78 valence electrons. The lowest BCUT2D eigenvalue weighted by Gasteiger charge is -1.98. The van der Waals surface area contributed by atoms with E-state index in [-0.39, 0.29) is 10.7 Å². The zero-order valence-electron chi connectivity index (χ0n) is 7.51. The minimum Gasteiger partial charge on any atom is -0.379 e. The van der Waals surface area contributed by atoms with Gasteiger partial charge in [0.25, 0.3) is 5.56 Å². The molecule has 0 aliphatic carbocycles. The van der Waals surface area contributed by atoms with E-state index in [1.165, 1.54) is 21.9 Å². The summed E-state index contributed by atoms with van der Waals surface area (Å²) in [6.07, 6.45) is 0. The van der Waals surface area contributed by atoms with Crippen molar-refractivity contribution in [1.82, 2.24) is 14.6 Å². The molecule has 2 rings (SSSR count). The number of fused-ring (bicyclic) bond motifs is 1. The Bertz CT molecular complexity index is 560. The Morgan fingerprint density at radius 2 is 2.53 bits per heavy atom. The van der Waals surface area contributed by atoms with Gasteiger partial charge in [-0.3, -0.25) is 10.2 Å². The van der Waals surface area contributed by atoms with Gasteiger partial charge in [-0.2, -0.15) is 9.61 Å². The number of nitrogens with one attached hydrogen (secondary N) is 1. The van der Waals surface area contributed by atoms with Crippen LogP contribution in [0.2, 0.25) is 0 Å². The van der Waals surface area contributed by atoms with Crippen LogP contribution in [0.5, 0.6) is 0 Å². The fourth-order valence-corrected chi connectivity index (χ4v) is 2.12. The highest BCUT2D eigenvalue weighted by Crippen LogP contribution is 2.10. The molecule has 6 nitrogen and oxygen atoms in total. The first-order valence-electron chi connectivity index (χ1n) is 3.96. The van der Waals surface area contributed by atoms with Crippen LogP contribution in [0.4, 0.5) is 0 Å². The third-order valence-corrected chi connectivity index (χ3v) is 3.04. The third-order valence-electron chi connectivity index (χ3n) is 1.62. The van der Waals surface area contributed by atoms with Gasteiger partial charge in [0.15, 0.2) is 5.17 Å². The van der Waals surface area contributed by atoms with E-state index >= 15 is 0 Å². The molecule has 0 saturated carbocycles. The Labute approximate surface area is 92.6 Å². The fourth-order valence-electron chi connectivity index (χ4n) is 1.03. The van der Waals surface area contributed by atoms with Crippen molar-refractivity contribution in [2.75, 3.05) is 0 Å². The molecular formula is C7H7N5OS2. The van der Waals surface area contributed by atoms with E-state index < -0.39 is 0 Å². The Morgan fingerprint density at radius 3 is 3.27 bits per heavy atom. The molecule has 2 heterocycles. The standard InChI is InChI=1S/C7H7N5OS2/c8-6(9)14-2-4-1-5(13)12-7(11-4)15-3-10-12/h1,3H,2H2,(H3,8,9). The van der Waals surface area contributed by atoms with Crippen LogP contribution in [-0.4, -0.2) is 19.8 Å². The molecule has 2 aromatic rings. The van der Waals surface area contributed by atoms with Gasteiger partial charge in [-0.25, -0.2) is 4.98 Å². The van der Waals surface area contributed by atoms with Gasteiger partial charge < -0.3 is 5.73 Å². The van der Waals surface area contributed by atoms with Crippen molar-refractivity contribution in [2.45, 2.75) is 5.75 Å². The van der Waals surface area contributed by atoms with Crippen LogP contribution in [-0.2, 0) is 5.75 Å². The maximum absolute atomic E-state index is 11.5. The molecule has 15 heavy (non-hydrogen) atoms. The van der Waals surface area contributed by atoms with Gasteiger partial charge in [-0.15, -0.1) is 0 Å². The first kappa shape index (κ1) is 10.1. The zero-order valence-corrected chi connectivity index (χ0v) is 9.14. The predicted octanol–water partition coefficient (Wildman–Crippen LogP) is 0.278. The molecule has 2 aromatic heterocycles. The number of hydrogen-bond acceptors (Lipinski definition) is 6. The molecule has 0 fully saturated rings. The molecule has 0 aliphatic rings. The average Bonchev–Trinajstić information content (AvgIpc) is 2.63. The maximum atomic E-state index is 11.5. The van der Waals surface area contributed by atoms with Crippen molar-refractivity contribution in [3.8, 4) is 0 Å². The minimum absolute atomic E-state index is 0.0151. The summed E-state index contributed by atoms with van der Waals surface area (Å²) in [6.45, 7) is 0. The number of nitrogens with two attached hydrogens (primary N) is 1. The molecule has 0 spiro atoms. The number of rotatable bonds is 2. The van der Waals surface area contributed by atoms with E-state index in [9.17, 15) is 4.79 Å². The van der Waals surface area contributed by atoms with Gasteiger partial charge in [-0.1, -0.05) is 23.1 Å². The molecule has 0 unspecified atom stereocenters. The summed E-state index contributed by atoms with van der Waals surface area (Å²) < 4.78 is 1.24. The van der Waals surface area contributed by atoms with Crippen molar-refractivity contribution in [3.05, 3.63) is 27.6 Å². The van der Waals surface area contributed by atoms with Gasteiger partial charge in [0.2, 0.25) is 4.96 Å². The van der Waals surface area contributed by atoms with Gasteiger partial charge in [0.05, 0.1) is 5.69 Å². The molecule has 8 heteroatoms. The lowest BCUT2D eigenvalue weighted by Crippen LogP contribution is -2.15. The molecule has 0 saturated heterocycles. The van der Waals surface area contributed by atoms with Gasteiger partial charge >= 0.3 is 0 Å². The first-order valence-corrected chi connectivity index (χ1v) is 5.82. The lowest BCUT2D eigenvalue weighted by molar-refractivity contribution is 0.889. The van der Waals surface area contributed by atoms with Crippen molar-refractivity contribution < 1.29 is 0 Å². The van der Waals surface area contributed by atoms with Crippen LogP contribution in [0.25, 0.3) is 4.96 Å². The number of hydrogen-bond donors (Lipinski definition) is 2. The highest BCUT2D eigenvalue weighted by molar-refractivity contribution is 8.13. The van der Waals surface area contributed by atoms with Crippen LogP contribution in [0.15, 0.2) is 16.4 Å². The molecule has 3 N–H and O–H groups in total. The van der Waals surface area contributed by atoms with E-state index in [1.807, 2.05) is 0 Å². The topological polar surface area (TPSA) is 97.1 Å². The second-order valence-electron chi connectivity index (χ2n) is 2.67. The number of thioether (sulfide) groups is 1. The Morgan fingerprint density at radius 1 is 1.73 bits per heavy atom. The largest absolute Gasteiger partial charge is 0.379 e. The van der Waals surface area contributed by atoms with Crippen LogP contribution in [0, 0.1) is 5.41 Å². The first-order chi connectivity index (χ1) is 7.16. The maximum Gasteiger partial charge on any atom is 0.275 e. The second-order valence-corrected chi connectivity index (χ2v) is 4.50. The number of amidine groups is 1.